The molecular formula is C22H30O3. The molecule has 7 atom stereocenters. The average molecular weight is 342 g/mol. The molecular weight excluding hydrogens is 312 g/mol. The number of aliphatic hydroxyl groups is 1. The summed E-state index contributed by atoms with van der Waals surface area (Å²) >= 11 is 0. The van der Waals surface area contributed by atoms with Crippen LogP contribution >= 0.6 is 0 Å². The Morgan fingerprint density at radius 1 is 1.24 bits per heavy atom. The quantitative estimate of drug-likeness (QED) is 0.787. The first-order chi connectivity index (χ1) is 11.6. The standard InChI is InChI=1S/C22H30O3/c1-13-11-19-17-6-5-15-12-16(24)7-9-20(15,3)18(17)8-10-21(19,4)22(13,25)14(2)23/h5-6,12-13,17-19,25H,7-11H2,1-4H3/t13-,17-,18+,19+,20+,21+,22+/m1/s1. The molecule has 0 radical (unpaired) electrons. The number of Topliss-reactive ketones (excluding diaryl/α,β-unsaturated/α-hetero) is 1. The summed E-state index contributed by atoms with van der Waals surface area (Å²) in [4.78, 5) is 24.3. The van der Waals surface area contributed by atoms with Gasteiger partial charge < -0.3 is 5.11 Å². The highest BCUT2D eigenvalue weighted by Crippen LogP contribution is 2.67. The number of allylic oxidation sites excluding steroid dienone is 4. The zero-order valence-electron chi connectivity index (χ0n) is 15.8. The number of hydrogen-bond acceptors (Lipinski definition) is 3. The van der Waals surface area contributed by atoms with Crippen LogP contribution in [-0.4, -0.2) is 22.3 Å². The van der Waals surface area contributed by atoms with E-state index in [2.05, 4.69) is 26.0 Å². The van der Waals surface area contributed by atoms with Crippen LogP contribution in [0.2, 0.25) is 0 Å². The number of ketones is 2. The molecule has 0 saturated heterocycles. The second-order valence-corrected chi connectivity index (χ2v) is 9.55. The number of fused-ring (bicyclic) bond motifs is 5. The van der Waals surface area contributed by atoms with E-state index in [0.29, 0.717) is 24.2 Å². The summed E-state index contributed by atoms with van der Waals surface area (Å²) in [6.07, 6.45) is 10.7. The zero-order valence-corrected chi connectivity index (χ0v) is 15.8. The molecule has 3 heteroatoms. The van der Waals surface area contributed by atoms with Crippen molar-refractivity contribution in [2.75, 3.05) is 0 Å². The van der Waals surface area contributed by atoms with Gasteiger partial charge in [-0.25, -0.2) is 0 Å². The molecule has 2 fully saturated rings. The van der Waals surface area contributed by atoms with Crippen molar-refractivity contribution in [2.24, 2.45) is 34.5 Å². The van der Waals surface area contributed by atoms with Crippen LogP contribution in [0.15, 0.2) is 23.8 Å². The van der Waals surface area contributed by atoms with Crippen LogP contribution in [-0.2, 0) is 9.59 Å². The van der Waals surface area contributed by atoms with Crippen molar-refractivity contribution in [3.63, 3.8) is 0 Å². The highest BCUT2D eigenvalue weighted by molar-refractivity contribution is 5.92. The van der Waals surface area contributed by atoms with Crippen molar-refractivity contribution in [3.05, 3.63) is 23.8 Å². The van der Waals surface area contributed by atoms with Crippen LogP contribution in [0.25, 0.3) is 0 Å². The molecule has 0 aromatic rings. The highest BCUT2D eigenvalue weighted by atomic mass is 16.3. The Bertz CT molecular complexity index is 704. The fourth-order valence-electron chi connectivity index (χ4n) is 7.09. The summed E-state index contributed by atoms with van der Waals surface area (Å²) in [5, 5.41) is 11.4. The Kier molecular flexibility index (Phi) is 3.55. The Morgan fingerprint density at radius 2 is 1.96 bits per heavy atom. The third-order valence-corrected chi connectivity index (χ3v) is 8.63. The van der Waals surface area contributed by atoms with Gasteiger partial charge in [-0.05, 0) is 73.3 Å². The van der Waals surface area contributed by atoms with Gasteiger partial charge in [0.15, 0.2) is 11.6 Å². The van der Waals surface area contributed by atoms with E-state index in [1.165, 1.54) is 5.57 Å². The van der Waals surface area contributed by atoms with Crippen LogP contribution in [0, 0.1) is 34.5 Å². The summed E-state index contributed by atoms with van der Waals surface area (Å²) < 4.78 is 0. The smallest absolute Gasteiger partial charge is 0.162 e. The summed E-state index contributed by atoms with van der Waals surface area (Å²) in [6.45, 7) is 8.07. The molecule has 0 unspecified atom stereocenters. The van der Waals surface area contributed by atoms with Gasteiger partial charge in [0.2, 0.25) is 0 Å². The van der Waals surface area contributed by atoms with Crippen molar-refractivity contribution >= 4 is 11.6 Å². The lowest BCUT2D eigenvalue weighted by Gasteiger charge is -2.57. The Morgan fingerprint density at radius 3 is 2.64 bits per heavy atom. The highest BCUT2D eigenvalue weighted by Gasteiger charge is 2.67. The normalized spacial score (nSPS) is 51.4. The van der Waals surface area contributed by atoms with E-state index in [-0.39, 0.29) is 28.3 Å². The Hall–Kier alpha value is -1.22. The van der Waals surface area contributed by atoms with E-state index in [4.69, 9.17) is 0 Å². The van der Waals surface area contributed by atoms with Gasteiger partial charge in [0.05, 0.1) is 0 Å². The van der Waals surface area contributed by atoms with E-state index < -0.39 is 5.60 Å². The first-order valence-corrected chi connectivity index (χ1v) is 9.81. The van der Waals surface area contributed by atoms with Gasteiger partial charge in [0.25, 0.3) is 0 Å². The molecule has 3 nitrogen and oxygen atoms in total. The summed E-state index contributed by atoms with van der Waals surface area (Å²) in [7, 11) is 0. The predicted molar refractivity (Wildman–Crippen MR) is 96.8 cm³/mol. The number of hydrogen-bond donors (Lipinski definition) is 1. The molecule has 0 amide bonds. The van der Waals surface area contributed by atoms with E-state index >= 15 is 0 Å². The molecule has 4 aliphatic rings. The largest absolute Gasteiger partial charge is 0.381 e. The SMILES string of the molecule is CC(=O)[C@@]1(O)[C@H](C)C[C@H]2[C@@H]3C=CC4=CC(=O)CC[C@]4(C)[C@H]3CC[C@@]21C. The molecule has 25 heavy (non-hydrogen) atoms. The third-order valence-electron chi connectivity index (χ3n) is 8.63. The van der Waals surface area contributed by atoms with E-state index in [0.717, 1.165) is 25.7 Å². The van der Waals surface area contributed by atoms with Gasteiger partial charge in [-0.15, -0.1) is 0 Å². The van der Waals surface area contributed by atoms with Crippen LogP contribution in [0.3, 0.4) is 0 Å². The topological polar surface area (TPSA) is 54.4 Å². The second-order valence-electron chi connectivity index (χ2n) is 9.55. The first-order valence-electron chi connectivity index (χ1n) is 9.81. The van der Waals surface area contributed by atoms with Gasteiger partial charge >= 0.3 is 0 Å². The second kappa shape index (κ2) is 5.16. The fraction of sp³-hybridized carbons (Fsp3) is 0.727. The summed E-state index contributed by atoms with van der Waals surface area (Å²) in [5.74, 6) is 1.42. The summed E-state index contributed by atoms with van der Waals surface area (Å²) in [5.41, 5.74) is -0.280. The molecule has 1 N–H and O–H groups in total. The molecule has 0 aliphatic heterocycles. The number of carbonyl (C=O) groups is 2. The van der Waals surface area contributed by atoms with Crippen molar-refractivity contribution in [3.8, 4) is 0 Å². The van der Waals surface area contributed by atoms with Gasteiger partial charge in [0, 0.05) is 11.8 Å². The molecule has 136 valence electrons. The molecule has 2 saturated carbocycles. The van der Waals surface area contributed by atoms with Crippen LogP contribution in [0.4, 0.5) is 0 Å². The molecule has 4 aliphatic carbocycles. The average Bonchev–Trinajstić information content (AvgIpc) is 2.77. The van der Waals surface area contributed by atoms with E-state index in [9.17, 15) is 14.7 Å². The fourth-order valence-corrected chi connectivity index (χ4v) is 7.09. The molecule has 0 spiro atoms. The minimum absolute atomic E-state index is 0.00447. The zero-order chi connectivity index (χ0) is 18.2. The van der Waals surface area contributed by atoms with E-state index in [1.807, 2.05) is 13.0 Å². The van der Waals surface area contributed by atoms with Gasteiger partial charge in [-0.2, -0.15) is 0 Å². The van der Waals surface area contributed by atoms with Gasteiger partial charge in [-0.3, -0.25) is 9.59 Å². The maximum Gasteiger partial charge on any atom is 0.162 e. The van der Waals surface area contributed by atoms with Crippen LogP contribution < -0.4 is 0 Å². The first kappa shape index (κ1) is 17.2. The molecule has 0 aromatic carbocycles. The minimum Gasteiger partial charge on any atom is -0.381 e. The van der Waals surface area contributed by atoms with Crippen LogP contribution in [0.5, 0.6) is 0 Å². The maximum absolute atomic E-state index is 12.4. The minimum atomic E-state index is -1.20. The van der Waals surface area contributed by atoms with Crippen LogP contribution in [0.1, 0.15) is 59.8 Å². The molecule has 0 bridgehead atoms. The van der Waals surface area contributed by atoms with Crippen molar-refractivity contribution in [1.82, 2.24) is 0 Å². The van der Waals surface area contributed by atoms with Crippen molar-refractivity contribution in [2.45, 2.75) is 65.4 Å². The van der Waals surface area contributed by atoms with Crippen molar-refractivity contribution < 1.29 is 14.7 Å². The molecule has 0 heterocycles. The summed E-state index contributed by atoms with van der Waals surface area (Å²) in [6, 6.07) is 0. The lowest BCUT2D eigenvalue weighted by molar-refractivity contribution is -0.162. The maximum atomic E-state index is 12.4. The third kappa shape index (κ3) is 1.96. The Balaban J connectivity index is 1.78. The number of rotatable bonds is 1. The van der Waals surface area contributed by atoms with Crippen molar-refractivity contribution in [1.29, 1.82) is 0 Å². The molecule has 0 aromatic heterocycles. The van der Waals surface area contributed by atoms with E-state index in [1.54, 1.807) is 6.92 Å². The number of carbonyl (C=O) groups excluding carboxylic acids is 2. The monoisotopic (exact) mass is 342 g/mol. The lowest BCUT2D eigenvalue weighted by atomic mass is 9.48. The lowest BCUT2D eigenvalue weighted by Crippen LogP contribution is -2.57. The van der Waals surface area contributed by atoms with Gasteiger partial charge in [-0.1, -0.05) is 32.9 Å². The predicted octanol–water partition coefficient (Wildman–Crippen LogP) is 3.86. The molecule has 4 rings (SSSR count). The Labute approximate surface area is 150 Å². The van der Waals surface area contributed by atoms with Gasteiger partial charge in [0.1, 0.15) is 5.60 Å².